The molecule has 0 aromatic heterocycles. The average molecular weight is 292 g/mol. The standard InChI is InChI=1S/C12H18ClNO3S/c1-2-7-18(15,16)8-6-17-12-5-3-4-11(13)10(12)9-14/h3-5H,2,6-9,14H2,1H3. The SMILES string of the molecule is CCCS(=O)(=O)CCOc1cccc(Cl)c1CN. The maximum Gasteiger partial charge on any atom is 0.153 e. The molecule has 0 saturated carbocycles. The second-order valence-corrected chi connectivity index (χ2v) is 6.63. The smallest absolute Gasteiger partial charge is 0.153 e. The summed E-state index contributed by atoms with van der Waals surface area (Å²) < 4.78 is 28.5. The maximum absolute atomic E-state index is 11.5. The van der Waals surface area contributed by atoms with Crippen molar-refractivity contribution in [2.24, 2.45) is 5.73 Å². The molecule has 0 aliphatic heterocycles. The van der Waals surface area contributed by atoms with Crippen LogP contribution in [0.4, 0.5) is 0 Å². The zero-order valence-electron chi connectivity index (χ0n) is 10.4. The molecule has 0 radical (unpaired) electrons. The third-order valence-electron chi connectivity index (χ3n) is 2.45. The first-order valence-electron chi connectivity index (χ1n) is 5.81. The molecule has 0 spiro atoms. The van der Waals surface area contributed by atoms with E-state index in [1.165, 1.54) is 0 Å². The average Bonchev–Trinajstić information content (AvgIpc) is 2.29. The zero-order chi connectivity index (χ0) is 13.6. The molecular formula is C12H18ClNO3S. The number of rotatable bonds is 7. The van der Waals surface area contributed by atoms with Crippen molar-refractivity contribution in [1.29, 1.82) is 0 Å². The molecule has 102 valence electrons. The molecular weight excluding hydrogens is 274 g/mol. The molecule has 0 aliphatic carbocycles. The highest BCUT2D eigenvalue weighted by Crippen LogP contribution is 2.25. The molecule has 1 aromatic carbocycles. The largest absolute Gasteiger partial charge is 0.492 e. The fourth-order valence-corrected chi connectivity index (χ4v) is 2.97. The Morgan fingerprint density at radius 3 is 2.67 bits per heavy atom. The van der Waals surface area contributed by atoms with E-state index in [2.05, 4.69) is 0 Å². The van der Waals surface area contributed by atoms with Gasteiger partial charge in [0, 0.05) is 17.1 Å². The van der Waals surface area contributed by atoms with E-state index < -0.39 is 9.84 Å². The fraction of sp³-hybridized carbons (Fsp3) is 0.500. The Balaban J connectivity index is 2.62. The van der Waals surface area contributed by atoms with Gasteiger partial charge in [-0.05, 0) is 18.6 Å². The zero-order valence-corrected chi connectivity index (χ0v) is 11.9. The molecule has 0 fully saturated rings. The molecule has 0 amide bonds. The predicted octanol–water partition coefficient (Wildman–Crippen LogP) is 2.00. The van der Waals surface area contributed by atoms with Gasteiger partial charge in [-0.15, -0.1) is 0 Å². The van der Waals surface area contributed by atoms with Crippen molar-refractivity contribution in [3.05, 3.63) is 28.8 Å². The number of hydrogen-bond acceptors (Lipinski definition) is 4. The Morgan fingerprint density at radius 1 is 1.33 bits per heavy atom. The van der Waals surface area contributed by atoms with Crippen molar-refractivity contribution in [3.63, 3.8) is 0 Å². The molecule has 0 unspecified atom stereocenters. The van der Waals surface area contributed by atoms with Crippen molar-refractivity contribution in [2.45, 2.75) is 19.9 Å². The Bertz CT molecular complexity index is 488. The summed E-state index contributed by atoms with van der Waals surface area (Å²) in [7, 11) is -3.02. The van der Waals surface area contributed by atoms with Gasteiger partial charge in [0.15, 0.2) is 9.84 Å². The third-order valence-corrected chi connectivity index (χ3v) is 4.62. The van der Waals surface area contributed by atoms with Crippen LogP contribution < -0.4 is 10.5 Å². The lowest BCUT2D eigenvalue weighted by Gasteiger charge is -2.11. The van der Waals surface area contributed by atoms with Gasteiger partial charge in [0.05, 0.1) is 11.5 Å². The molecule has 0 saturated heterocycles. The molecule has 0 heterocycles. The summed E-state index contributed by atoms with van der Waals surface area (Å²) in [6.07, 6.45) is 0.619. The Labute approximate surface area is 113 Å². The number of sulfone groups is 1. The van der Waals surface area contributed by atoms with E-state index in [0.717, 1.165) is 0 Å². The maximum atomic E-state index is 11.5. The summed E-state index contributed by atoms with van der Waals surface area (Å²) in [5.41, 5.74) is 6.27. The second kappa shape index (κ2) is 6.97. The second-order valence-electron chi connectivity index (χ2n) is 3.92. The number of nitrogens with two attached hydrogens (primary N) is 1. The van der Waals surface area contributed by atoms with Gasteiger partial charge in [0.2, 0.25) is 0 Å². The lowest BCUT2D eigenvalue weighted by Crippen LogP contribution is -2.17. The number of hydrogen-bond donors (Lipinski definition) is 1. The van der Waals surface area contributed by atoms with Gasteiger partial charge < -0.3 is 10.5 Å². The van der Waals surface area contributed by atoms with Crippen LogP contribution in [0.25, 0.3) is 0 Å². The number of ether oxygens (including phenoxy) is 1. The first-order valence-corrected chi connectivity index (χ1v) is 8.00. The highest BCUT2D eigenvalue weighted by atomic mass is 35.5. The topological polar surface area (TPSA) is 69.4 Å². The van der Waals surface area contributed by atoms with E-state index in [-0.39, 0.29) is 24.7 Å². The quantitative estimate of drug-likeness (QED) is 0.834. The molecule has 2 N–H and O–H groups in total. The van der Waals surface area contributed by atoms with Gasteiger partial charge in [0.25, 0.3) is 0 Å². The summed E-state index contributed by atoms with van der Waals surface area (Å²) in [6, 6.07) is 5.21. The molecule has 1 aromatic rings. The molecule has 0 aliphatic rings. The molecule has 18 heavy (non-hydrogen) atoms. The summed E-state index contributed by atoms with van der Waals surface area (Å²) in [6.45, 7) is 2.22. The van der Waals surface area contributed by atoms with Crippen LogP contribution in [0.15, 0.2) is 18.2 Å². The van der Waals surface area contributed by atoms with E-state index in [1.54, 1.807) is 18.2 Å². The van der Waals surface area contributed by atoms with Crippen LogP contribution in [-0.4, -0.2) is 26.5 Å². The van der Waals surface area contributed by atoms with Gasteiger partial charge in [-0.2, -0.15) is 0 Å². The van der Waals surface area contributed by atoms with E-state index >= 15 is 0 Å². The summed E-state index contributed by atoms with van der Waals surface area (Å²) in [5, 5.41) is 0.534. The monoisotopic (exact) mass is 291 g/mol. The minimum Gasteiger partial charge on any atom is -0.492 e. The van der Waals surface area contributed by atoms with Gasteiger partial charge in [-0.1, -0.05) is 24.6 Å². The highest BCUT2D eigenvalue weighted by Gasteiger charge is 2.11. The number of benzene rings is 1. The van der Waals surface area contributed by atoms with Crippen molar-refractivity contribution in [3.8, 4) is 5.75 Å². The first kappa shape index (κ1) is 15.3. The van der Waals surface area contributed by atoms with Gasteiger partial charge >= 0.3 is 0 Å². The lowest BCUT2D eigenvalue weighted by molar-refractivity contribution is 0.337. The van der Waals surface area contributed by atoms with Gasteiger partial charge in [0.1, 0.15) is 12.4 Å². The molecule has 0 bridgehead atoms. The van der Waals surface area contributed by atoms with Crippen LogP contribution in [0.3, 0.4) is 0 Å². The molecule has 6 heteroatoms. The molecule has 4 nitrogen and oxygen atoms in total. The van der Waals surface area contributed by atoms with Crippen LogP contribution in [0.1, 0.15) is 18.9 Å². The summed E-state index contributed by atoms with van der Waals surface area (Å²) in [5.74, 6) is 0.754. The van der Waals surface area contributed by atoms with Crippen LogP contribution >= 0.6 is 11.6 Å². The third kappa shape index (κ3) is 4.48. The minimum atomic E-state index is -3.02. The van der Waals surface area contributed by atoms with Crippen LogP contribution in [-0.2, 0) is 16.4 Å². The Hall–Kier alpha value is -0.780. The van der Waals surface area contributed by atoms with Crippen LogP contribution in [0.5, 0.6) is 5.75 Å². The van der Waals surface area contributed by atoms with E-state index in [1.807, 2.05) is 6.92 Å². The van der Waals surface area contributed by atoms with Crippen molar-refractivity contribution in [2.75, 3.05) is 18.1 Å². The van der Waals surface area contributed by atoms with Crippen molar-refractivity contribution in [1.82, 2.24) is 0 Å². The Kier molecular flexibility index (Phi) is 5.91. The summed E-state index contributed by atoms with van der Waals surface area (Å²) >= 11 is 5.97. The molecule has 0 atom stereocenters. The van der Waals surface area contributed by atoms with E-state index in [9.17, 15) is 8.42 Å². The Morgan fingerprint density at radius 2 is 2.06 bits per heavy atom. The fourth-order valence-electron chi connectivity index (χ4n) is 1.56. The summed E-state index contributed by atoms with van der Waals surface area (Å²) in [4.78, 5) is 0. The van der Waals surface area contributed by atoms with Crippen molar-refractivity contribution < 1.29 is 13.2 Å². The van der Waals surface area contributed by atoms with Crippen molar-refractivity contribution >= 4 is 21.4 Å². The van der Waals surface area contributed by atoms with Crippen LogP contribution in [0, 0.1) is 0 Å². The van der Waals surface area contributed by atoms with E-state index in [4.69, 9.17) is 22.1 Å². The van der Waals surface area contributed by atoms with Gasteiger partial charge in [-0.3, -0.25) is 0 Å². The highest BCUT2D eigenvalue weighted by molar-refractivity contribution is 7.91. The van der Waals surface area contributed by atoms with E-state index in [0.29, 0.717) is 22.8 Å². The first-order chi connectivity index (χ1) is 8.50. The molecule has 1 rings (SSSR count). The normalized spacial score (nSPS) is 11.5. The van der Waals surface area contributed by atoms with Crippen LogP contribution in [0.2, 0.25) is 5.02 Å². The number of halogens is 1. The predicted molar refractivity (Wildman–Crippen MR) is 73.8 cm³/mol. The van der Waals surface area contributed by atoms with Gasteiger partial charge in [-0.25, -0.2) is 8.42 Å². The minimum absolute atomic E-state index is 0.0113. The lowest BCUT2D eigenvalue weighted by atomic mass is 10.2.